The molecule has 0 radical (unpaired) electrons. The molecule has 0 saturated carbocycles. The summed E-state index contributed by atoms with van der Waals surface area (Å²) < 4.78 is 4.54. The zero-order valence-corrected chi connectivity index (χ0v) is 19.6. The number of ether oxygens (including phenoxy) is 1. The second kappa shape index (κ2) is 13.2. The first kappa shape index (κ1) is 27.7. The fraction of sp³-hybridized carbons (Fsp3) is 0.600. The Morgan fingerprint density at radius 3 is 2.41 bits per heavy atom. The number of esters is 1. The van der Waals surface area contributed by atoms with Crippen molar-refractivity contribution in [3.8, 4) is 0 Å². The number of Topliss-reactive ketones (excluding diaryl/α,β-unsaturated/α-hetero) is 2. The predicted octanol–water partition coefficient (Wildman–Crippen LogP) is 3.53. The predicted molar refractivity (Wildman–Crippen MR) is 120 cm³/mol. The number of ketones is 2. The van der Waals surface area contributed by atoms with E-state index in [0.29, 0.717) is 44.1 Å². The van der Waals surface area contributed by atoms with Crippen LogP contribution in [-0.4, -0.2) is 46.4 Å². The molecule has 0 aromatic heterocycles. The van der Waals surface area contributed by atoms with Crippen LogP contribution in [0.5, 0.6) is 0 Å². The van der Waals surface area contributed by atoms with Gasteiger partial charge >= 0.3 is 5.97 Å². The van der Waals surface area contributed by atoms with E-state index in [9.17, 15) is 29.4 Å². The maximum Gasteiger partial charge on any atom is 0.333 e. The number of hydrogen-bond donors (Lipinski definition) is 2. The molecule has 2 N–H and O–H groups in total. The van der Waals surface area contributed by atoms with Gasteiger partial charge in [0, 0.05) is 29.9 Å². The molecule has 1 aliphatic heterocycles. The van der Waals surface area contributed by atoms with E-state index in [-0.39, 0.29) is 23.6 Å². The van der Waals surface area contributed by atoms with E-state index in [2.05, 4.69) is 4.74 Å². The lowest BCUT2D eigenvalue weighted by Crippen LogP contribution is -2.24. The van der Waals surface area contributed by atoms with E-state index in [1.54, 1.807) is 13.0 Å². The molecular weight excluding hydrogens is 412 g/mol. The number of allylic oxidation sites excluding steroid dienone is 3. The molecule has 0 aromatic rings. The lowest BCUT2D eigenvalue weighted by Gasteiger charge is -2.23. The Balaban J connectivity index is 2.45. The fourth-order valence-electron chi connectivity index (χ4n) is 3.44. The quantitative estimate of drug-likeness (QED) is 0.170. The van der Waals surface area contributed by atoms with Gasteiger partial charge in [-0.1, -0.05) is 31.6 Å². The Morgan fingerprint density at radius 2 is 1.84 bits per heavy atom. The zero-order valence-electron chi connectivity index (χ0n) is 19.6. The second-order valence-electron chi connectivity index (χ2n) is 9.03. The minimum absolute atomic E-state index is 0.0844. The van der Waals surface area contributed by atoms with Crippen LogP contribution < -0.4 is 0 Å². The Bertz CT molecular complexity index is 786. The number of carbonyl (C=O) groups is 4. The molecule has 7 nitrogen and oxygen atoms in total. The van der Waals surface area contributed by atoms with Crippen LogP contribution in [0.4, 0.5) is 0 Å². The average molecular weight is 449 g/mol. The van der Waals surface area contributed by atoms with E-state index in [0.717, 1.165) is 24.4 Å². The average Bonchev–Trinajstić information content (AvgIpc) is 3.05. The summed E-state index contributed by atoms with van der Waals surface area (Å²) in [6.07, 6.45) is 7.02. The molecule has 0 amide bonds. The van der Waals surface area contributed by atoms with Crippen molar-refractivity contribution in [2.75, 3.05) is 0 Å². The van der Waals surface area contributed by atoms with E-state index >= 15 is 0 Å². The van der Waals surface area contributed by atoms with E-state index in [1.165, 1.54) is 0 Å². The van der Waals surface area contributed by atoms with Crippen LogP contribution in [0.2, 0.25) is 0 Å². The van der Waals surface area contributed by atoms with Crippen molar-refractivity contribution >= 4 is 23.8 Å². The smallest absolute Gasteiger partial charge is 0.333 e. The van der Waals surface area contributed by atoms with E-state index < -0.39 is 23.8 Å². The number of aliphatic hydroxyl groups is 2. The van der Waals surface area contributed by atoms with Gasteiger partial charge in [0.1, 0.15) is 17.9 Å². The molecule has 178 valence electrons. The second-order valence-corrected chi connectivity index (χ2v) is 9.03. The third-order valence-corrected chi connectivity index (χ3v) is 5.69. The SMILES string of the molecule is CC(=O)CCCC(C)(C)C(=O)CC/C(C)=C/CC/C(C=O)=C\C[C@@H](O)C1=CC(=O)O[C@H]1O. The molecule has 1 aliphatic rings. The number of rotatable bonds is 15. The minimum atomic E-state index is -1.45. The summed E-state index contributed by atoms with van der Waals surface area (Å²) in [4.78, 5) is 46.0. The van der Waals surface area contributed by atoms with Crippen molar-refractivity contribution in [3.05, 3.63) is 34.9 Å². The van der Waals surface area contributed by atoms with Gasteiger partial charge in [-0.3, -0.25) is 9.59 Å². The molecule has 1 rings (SSSR count). The third kappa shape index (κ3) is 9.83. The van der Waals surface area contributed by atoms with Gasteiger partial charge in [0.2, 0.25) is 6.29 Å². The first-order valence-corrected chi connectivity index (χ1v) is 11.1. The summed E-state index contributed by atoms with van der Waals surface area (Å²) in [6.45, 7) is 7.36. The summed E-state index contributed by atoms with van der Waals surface area (Å²) in [5.74, 6) is -0.380. The standard InChI is InChI=1S/C25H36O7/c1-17(10-13-22(29)25(3,4)14-6-8-18(2)27)7-5-9-19(16-26)11-12-21(28)20-15-23(30)32-24(20)31/h7,11,15-16,21,24,28,31H,5-6,8-10,12-14H2,1-4H3/b17-7+,19-11+/t21-,24-/m1/s1. The summed E-state index contributed by atoms with van der Waals surface area (Å²) >= 11 is 0. The highest BCUT2D eigenvalue weighted by molar-refractivity contribution is 5.86. The Kier molecular flexibility index (Phi) is 11.4. The van der Waals surface area contributed by atoms with Crippen LogP contribution in [0.25, 0.3) is 0 Å². The van der Waals surface area contributed by atoms with E-state index in [1.807, 2.05) is 26.8 Å². The monoisotopic (exact) mass is 448 g/mol. The van der Waals surface area contributed by atoms with Crippen molar-refractivity contribution < 1.29 is 34.1 Å². The summed E-state index contributed by atoms with van der Waals surface area (Å²) in [7, 11) is 0. The highest BCUT2D eigenvalue weighted by Crippen LogP contribution is 2.27. The summed E-state index contributed by atoms with van der Waals surface area (Å²) in [5, 5.41) is 19.6. The zero-order chi connectivity index (χ0) is 24.3. The molecule has 0 aromatic carbocycles. The highest BCUT2D eigenvalue weighted by Gasteiger charge is 2.28. The number of aldehydes is 1. The van der Waals surface area contributed by atoms with Crippen molar-refractivity contribution in [2.45, 2.75) is 91.5 Å². The van der Waals surface area contributed by atoms with Gasteiger partial charge in [0.05, 0.1) is 6.10 Å². The molecule has 0 saturated heterocycles. The minimum Gasteiger partial charge on any atom is -0.429 e. The number of cyclic esters (lactones) is 1. The van der Waals surface area contributed by atoms with Gasteiger partial charge in [-0.15, -0.1) is 0 Å². The number of hydrogen-bond acceptors (Lipinski definition) is 7. The van der Waals surface area contributed by atoms with Gasteiger partial charge in [-0.25, -0.2) is 4.79 Å². The maximum atomic E-state index is 12.5. The van der Waals surface area contributed by atoms with Crippen LogP contribution in [0.1, 0.15) is 79.1 Å². The molecule has 0 unspecified atom stereocenters. The van der Waals surface area contributed by atoms with Crippen LogP contribution in [0, 0.1) is 5.41 Å². The van der Waals surface area contributed by atoms with Crippen molar-refractivity contribution in [1.82, 2.24) is 0 Å². The van der Waals surface area contributed by atoms with Crippen molar-refractivity contribution in [1.29, 1.82) is 0 Å². The van der Waals surface area contributed by atoms with Gasteiger partial charge < -0.3 is 19.7 Å². The lowest BCUT2D eigenvalue weighted by atomic mass is 9.80. The van der Waals surface area contributed by atoms with Gasteiger partial charge in [0.25, 0.3) is 0 Å². The fourth-order valence-corrected chi connectivity index (χ4v) is 3.44. The molecule has 0 bridgehead atoms. The van der Waals surface area contributed by atoms with Crippen molar-refractivity contribution in [2.24, 2.45) is 5.41 Å². The number of carbonyl (C=O) groups excluding carboxylic acids is 4. The summed E-state index contributed by atoms with van der Waals surface area (Å²) in [6, 6.07) is 0. The lowest BCUT2D eigenvalue weighted by molar-refractivity contribution is -0.152. The third-order valence-electron chi connectivity index (χ3n) is 5.69. The van der Waals surface area contributed by atoms with Gasteiger partial charge in [-0.2, -0.15) is 0 Å². The van der Waals surface area contributed by atoms with Crippen molar-refractivity contribution in [3.63, 3.8) is 0 Å². The molecule has 1 heterocycles. The molecular formula is C25H36O7. The molecule has 7 heteroatoms. The topological polar surface area (TPSA) is 118 Å². The summed E-state index contributed by atoms with van der Waals surface area (Å²) in [5.41, 5.74) is 1.22. The van der Waals surface area contributed by atoms with Crippen LogP contribution in [0.3, 0.4) is 0 Å². The molecule has 32 heavy (non-hydrogen) atoms. The van der Waals surface area contributed by atoms with Crippen LogP contribution in [-0.2, 0) is 23.9 Å². The molecule has 0 spiro atoms. The van der Waals surface area contributed by atoms with Gasteiger partial charge in [-0.05, 0) is 57.9 Å². The largest absolute Gasteiger partial charge is 0.429 e. The van der Waals surface area contributed by atoms with Crippen LogP contribution in [0.15, 0.2) is 34.9 Å². The highest BCUT2D eigenvalue weighted by atomic mass is 16.6. The first-order valence-electron chi connectivity index (χ1n) is 11.1. The maximum absolute atomic E-state index is 12.5. The Morgan fingerprint density at radius 1 is 1.16 bits per heavy atom. The first-order chi connectivity index (χ1) is 15.0. The number of aliphatic hydroxyl groups excluding tert-OH is 2. The van der Waals surface area contributed by atoms with Crippen LogP contribution >= 0.6 is 0 Å². The molecule has 0 fully saturated rings. The Hall–Kier alpha value is -2.38. The molecule has 2 atom stereocenters. The normalized spacial score (nSPS) is 18.2. The molecule has 0 aliphatic carbocycles. The van der Waals surface area contributed by atoms with Gasteiger partial charge in [0.15, 0.2) is 0 Å². The Labute approximate surface area is 190 Å². The van der Waals surface area contributed by atoms with E-state index in [4.69, 9.17) is 0 Å².